The first-order chi connectivity index (χ1) is 13.7. The van der Waals surface area contributed by atoms with Crippen molar-refractivity contribution in [3.05, 3.63) is 87.6 Å². The minimum Gasteiger partial charge on any atom is -0.311 e. The van der Waals surface area contributed by atoms with E-state index in [9.17, 15) is 4.79 Å². The summed E-state index contributed by atoms with van der Waals surface area (Å²) in [6.07, 6.45) is 3.02. The normalized spacial score (nSPS) is 21.3. The van der Waals surface area contributed by atoms with Crippen molar-refractivity contribution in [3.8, 4) is 11.1 Å². The fourth-order valence-corrected chi connectivity index (χ4v) is 4.87. The van der Waals surface area contributed by atoms with Crippen LogP contribution in [0.25, 0.3) is 11.1 Å². The van der Waals surface area contributed by atoms with Gasteiger partial charge in [-0.25, -0.2) is 0 Å². The van der Waals surface area contributed by atoms with E-state index in [1.807, 2.05) is 53.2 Å². The highest BCUT2D eigenvalue weighted by molar-refractivity contribution is 6.30. The highest BCUT2D eigenvalue weighted by atomic mass is 35.5. The van der Waals surface area contributed by atoms with Crippen LogP contribution >= 0.6 is 11.6 Å². The Kier molecular flexibility index (Phi) is 4.53. The number of pyridine rings is 2. The lowest BCUT2D eigenvalue weighted by Crippen LogP contribution is -2.47. The van der Waals surface area contributed by atoms with Crippen molar-refractivity contribution in [2.24, 2.45) is 5.92 Å². The molecule has 3 aromatic rings. The van der Waals surface area contributed by atoms with Crippen molar-refractivity contribution in [1.82, 2.24) is 14.5 Å². The highest BCUT2D eigenvalue weighted by Crippen LogP contribution is 2.36. The third-order valence-corrected chi connectivity index (χ3v) is 6.20. The van der Waals surface area contributed by atoms with Crippen molar-refractivity contribution >= 4 is 11.6 Å². The number of aromatic nitrogens is 2. The van der Waals surface area contributed by atoms with Crippen molar-refractivity contribution in [1.29, 1.82) is 0 Å². The third kappa shape index (κ3) is 3.27. The molecule has 1 fully saturated rings. The van der Waals surface area contributed by atoms with Crippen LogP contribution in [-0.2, 0) is 13.1 Å². The van der Waals surface area contributed by atoms with E-state index in [1.54, 1.807) is 0 Å². The molecule has 1 aromatic carbocycles. The van der Waals surface area contributed by atoms with Crippen LogP contribution in [0.2, 0.25) is 5.02 Å². The van der Waals surface area contributed by atoms with E-state index in [0.717, 1.165) is 43.0 Å². The smallest absolute Gasteiger partial charge is 0.258 e. The summed E-state index contributed by atoms with van der Waals surface area (Å²) in [5.41, 5.74) is 4.08. The third-order valence-electron chi connectivity index (χ3n) is 5.95. The average Bonchev–Trinajstić information content (AvgIpc) is 2.70. The number of hydrogen-bond donors (Lipinski definition) is 0. The number of benzene rings is 1. The summed E-state index contributed by atoms with van der Waals surface area (Å²) in [6.45, 7) is 3.67. The topological polar surface area (TPSA) is 38.1 Å². The summed E-state index contributed by atoms with van der Waals surface area (Å²) in [5.74, 6) is 0.913. The second kappa shape index (κ2) is 7.19. The molecule has 5 rings (SSSR count). The molecule has 0 amide bonds. The van der Waals surface area contributed by atoms with E-state index in [-0.39, 0.29) is 5.56 Å². The lowest BCUT2D eigenvalue weighted by molar-refractivity contribution is 0.113. The van der Waals surface area contributed by atoms with Gasteiger partial charge in [0.15, 0.2) is 0 Å². The standard InChI is InChI=1S/C23H22ClN3O/c24-19-6-4-17(5-7-19)21-8-9-22-18-11-16(13-27(22)23(21)28)12-26(14-18)15-20-3-1-2-10-25-20/h1-10,16,18H,11-15H2/t16-,18+/m0/s1. The van der Waals surface area contributed by atoms with Gasteiger partial charge >= 0.3 is 0 Å². The van der Waals surface area contributed by atoms with Crippen LogP contribution in [0.1, 0.15) is 23.7 Å². The fourth-order valence-electron chi connectivity index (χ4n) is 4.74. The zero-order valence-electron chi connectivity index (χ0n) is 15.6. The monoisotopic (exact) mass is 391 g/mol. The molecule has 142 valence electrons. The molecule has 4 heterocycles. The summed E-state index contributed by atoms with van der Waals surface area (Å²) < 4.78 is 2.01. The average molecular weight is 392 g/mol. The molecular formula is C23H22ClN3O. The van der Waals surface area contributed by atoms with E-state index in [4.69, 9.17) is 11.6 Å². The van der Waals surface area contributed by atoms with Crippen LogP contribution in [0, 0.1) is 5.92 Å². The van der Waals surface area contributed by atoms with Crippen molar-refractivity contribution < 1.29 is 0 Å². The van der Waals surface area contributed by atoms with Crippen molar-refractivity contribution in [2.75, 3.05) is 13.1 Å². The fraction of sp³-hybridized carbons (Fsp3) is 0.304. The van der Waals surface area contributed by atoms with Gasteiger partial charge in [0.2, 0.25) is 0 Å². The van der Waals surface area contributed by atoms with Crippen LogP contribution in [0.15, 0.2) is 65.6 Å². The van der Waals surface area contributed by atoms with Crippen molar-refractivity contribution in [2.45, 2.75) is 25.4 Å². The van der Waals surface area contributed by atoms with Gasteiger partial charge in [0.25, 0.3) is 5.56 Å². The van der Waals surface area contributed by atoms with E-state index in [0.29, 0.717) is 16.9 Å². The first-order valence-corrected chi connectivity index (χ1v) is 10.2. The molecule has 2 bridgehead atoms. The molecule has 2 aliphatic rings. The van der Waals surface area contributed by atoms with Gasteiger partial charge in [-0.15, -0.1) is 0 Å². The van der Waals surface area contributed by atoms with E-state index < -0.39 is 0 Å². The molecule has 5 heteroatoms. The lowest BCUT2D eigenvalue weighted by Gasteiger charge is -2.42. The molecule has 1 saturated heterocycles. The van der Waals surface area contributed by atoms with Gasteiger partial charge < -0.3 is 4.57 Å². The molecule has 0 unspecified atom stereocenters. The Morgan fingerprint density at radius 1 is 1.00 bits per heavy atom. The summed E-state index contributed by atoms with van der Waals surface area (Å²) in [6, 6.07) is 17.7. The van der Waals surface area contributed by atoms with Crippen LogP contribution < -0.4 is 5.56 Å². The van der Waals surface area contributed by atoms with Gasteiger partial charge in [-0.3, -0.25) is 14.7 Å². The molecule has 0 N–H and O–H groups in total. The quantitative estimate of drug-likeness (QED) is 0.672. The number of fused-ring (bicyclic) bond motifs is 4. The molecule has 2 aliphatic heterocycles. The molecule has 4 nitrogen and oxygen atoms in total. The molecule has 0 saturated carbocycles. The van der Waals surface area contributed by atoms with Crippen LogP contribution in [0.3, 0.4) is 0 Å². The number of hydrogen-bond acceptors (Lipinski definition) is 3. The SMILES string of the molecule is O=c1c(-c2ccc(Cl)cc2)ccc2n1C[C@H]1C[C@@H]2CN(Cc2ccccn2)C1. The van der Waals surface area contributed by atoms with Gasteiger partial charge in [-0.2, -0.15) is 0 Å². The van der Waals surface area contributed by atoms with E-state index >= 15 is 0 Å². The summed E-state index contributed by atoms with van der Waals surface area (Å²) in [5, 5.41) is 0.685. The van der Waals surface area contributed by atoms with Crippen LogP contribution in [0.4, 0.5) is 0 Å². The van der Waals surface area contributed by atoms with Crippen LogP contribution in [-0.4, -0.2) is 27.5 Å². The van der Waals surface area contributed by atoms with Gasteiger partial charge in [0.1, 0.15) is 0 Å². The number of likely N-dealkylation sites (tertiary alicyclic amines) is 1. The predicted octanol–water partition coefficient (Wildman–Crippen LogP) is 4.18. The molecule has 2 atom stereocenters. The second-order valence-corrected chi connectivity index (χ2v) is 8.34. The Bertz CT molecular complexity index is 1050. The number of piperidine rings is 1. The Morgan fingerprint density at radius 2 is 1.86 bits per heavy atom. The highest BCUT2D eigenvalue weighted by Gasteiger charge is 2.35. The minimum absolute atomic E-state index is 0.118. The van der Waals surface area contributed by atoms with Gasteiger partial charge in [0.05, 0.1) is 5.69 Å². The Hall–Kier alpha value is -2.43. The maximum absolute atomic E-state index is 13.2. The van der Waals surface area contributed by atoms with Crippen molar-refractivity contribution in [3.63, 3.8) is 0 Å². The molecule has 0 aliphatic carbocycles. The van der Waals surface area contributed by atoms with Crippen LogP contribution in [0.5, 0.6) is 0 Å². The Labute approximate surface area is 169 Å². The van der Waals surface area contributed by atoms with Gasteiger partial charge in [-0.1, -0.05) is 29.8 Å². The summed E-state index contributed by atoms with van der Waals surface area (Å²) in [4.78, 5) is 20.2. The maximum atomic E-state index is 13.2. The van der Waals surface area contributed by atoms with Gasteiger partial charge in [0, 0.05) is 54.6 Å². The van der Waals surface area contributed by atoms with E-state index in [1.165, 1.54) is 12.1 Å². The predicted molar refractivity (Wildman–Crippen MR) is 112 cm³/mol. The number of nitrogens with zero attached hydrogens (tertiary/aromatic N) is 3. The Morgan fingerprint density at radius 3 is 2.64 bits per heavy atom. The molecule has 28 heavy (non-hydrogen) atoms. The lowest BCUT2D eigenvalue weighted by atomic mass is 9.82. The summed E-state index contributed by atoms with van der Waals surface area (Å²) in [7, 11) is 0. The largest absolute Gasteiger partial charge is 0.311 e. The Balaban J connectivity index is 1.44. The first kappa shape index (κ1) is 17.7. The molecular weight excluding hydrogens is 370 g/mol. The maximum Gasteiger partial charge on any atom is 0.258 e. The summed E-state index contributed by atoms with van der Waals surface area (Å²) >= 11 is 6.00. The number of rotatable bonds is 3. The first-order valence-electron chi connectivity index (χ1n) is 9.79. The van der Waals surface area contributed by atoms with E-state index in [2.05, 4.69) is 22.0 Å². The second-order valence-electron chi connectivity index (χ2n) is 7.91. The number of halogens is 1. The zero-order valence-corrected chi connectivity index (χ0v) is 16.3. The minimum atomic E-state index is 0.118. The molecule has 0 spiro atoms. The zero-order chi connectivity index (χ0) is 19.1. The molecule has 0 radical (unpaired) electrons. The van der Waals surface area contributed by atoms with Gasteiger partial charge in [-0.05, 0) is 54.3 Å². The molecule has 2 aromatic heterocycles.